The highest BCUT2D eigenvalue weighted by molar-refractivity contribution is 7.90. The van der Waals surface area contributed by atoms with Crippen LogP contribution in [0.1, 0.15) is 12.6 Å². The molecule has 0 aliphatic carbocycles. The number of hydrogen-bond acceptors (Lipinski definition) is 6. The van der Waals surface area contributed by atoms with Gasteiger partial charge >= 0.3 is 0 Å². The fraction of sp³-hybridized carbons (Fsp3) is 0.150. The maximum absolute atomic E-state index is 12.4. The third-order valence-electron chi connectivity index (χ3n) is 4.92. The average molecular weight is 421 g/mol. The Hall–Kier alpha value is -3.66. The van der Waals surface area contributed by atoms with Crippen LogP contribution in [-0.4, -0.2) is 42.9 Å². The van der Waals surface area contributed by atoms with Gasteiger partial charge < -0.3 is 5.32 Å². The van der Waals surface area contributed by atoms with Crippen LogP contribution in [0.3, 0.4) is 0 Å². The molecule has 0 bridgehead atoms. The Kier molecular flexibility index (Phi) is 4.10. The third-order valence-corrected chi connectivity index (χ3v) is 6.57. The fourth-order valence-electron chi connectivity index (χ4n) is 3.38. The molecule has 0 aliphatic heterocycles. The molecular formula is C20H19N7O2S. The van der Waals surface area contributed by atoms with Gasteiger partial charge in [-0.15, -0.1) is 5.10 Å². The molecule has 0 fully saturated rings. The summed E-state index contributed by atoms with van der Waals surface area (Å²) < 4.78 is 27.9. The molecule has 9 nitrogen and oxygen atoms in total. The molecule has 30 heavy (non-hydrogen) atoms. The Morgan fingerprint density at radius 1 is 1.10 bits per heavy atom. The zero-order valence-corrected chi connectivity index (χ0v) is 17.2. The predicted octanol–water partition coefficient (Wildman–Crippen LogP) is 3.32. The number of hydrogen-bond donors (Lipinski definition) is 2. The summed E-state index contributed by atoms with van der Waals surface area (Å²) in [6, 6.07) is 13.0. The maximum Gasteiger partial charge on any atom is 0.238 e. The van der Waals surface area contributed by atoms with Gasteiger partial charge in [0.15, 0.2) is 17.5 Å². The van der Waals surface area contributed by atoms with E-state index in [1.807, 2.05) is 43.5 Å². The third kappa shape index (κ3) is 3.01. The van der Waals surface area contributed by atoms with Crippen molar-refractivity contribution in [2.24, 2.45) is 0 Å². The van der Waals surface area contributed by atoms with Crippen LogP contribution in [-0.2, 0) is 10.0 Å². The summed E-state index contributed by atoms with van der Waals surface area (Å²) in [5.41, 5.74) is 3.05. The molecule has 0 radical (unpaired) electrons. The molecular weight excluding hydrogens is 402 g/mol. The monoisotopic (exact) mass is 421 g/mol. The maximum atomic E-state index is 12.4. The molecule has 2 N–H and O–H groups in total. The van der Waals surface area contributed by atoms with E-state index in [0.717, 1.165) is 16.6 Å². The summed E-state index contributed by atoms with van der Waals surface area (Å²) in [5.74, 6) is 1.74. The number of aromatic amines is 1. The molecule has 0 atom stereocenters. The molecule has 0 spiro atoms. The van der Waals surface area contributed by atoms with Crippen LogP contribution in [0.2, 0.25) is 0 Å². The number of nitrogens with zero attached hydrogens (tertiary/aromatic N) is 5. The lowest BCUT2D eigenvalue weighted by atomic mass is 10.1. The van der Waals surface area contributed by atoms with E-state index in [1.165, 1.54) is 3.97 Å². The highest BCUT2D eigenvalue weighted by atomic mass is 32.2. The molecule has 4 heterocycles. The second kappa shape index (κ2) is 6.70. The van der Waals surface area contributed by atoms with E-state index in [-0.39, 0.29) is 5.75 Å². The minimum absolute atomic E-state index is 0.0178. The van der Waals surface area contributed by atoms with Gasteiger partial charge in [0.25, 0.3) is 0 Å². The number of rotatable bonds is 5. The zero-order chi connectivity index (χ0) is 20.9. The summed E-state index contributed by atoms with van der Waals surface area (Å²) in [5, 5.41) is 15.8. The molecule has 152 valence electrons. The first kappa shape index (κ1) is 18.4. The average Bonchev–Trinajstić information content (AvgIpc) is 3.46. The lowest BCUT2D eigenvalue weighted by Crippen LogP contribution is -2.13. The summed E-state index contributed by atoms with van der Waals surface area (Å²) in [4.78, 5) is 4.70. The summed E-state index contributed by atoms with van der Waals surface area (Å²) >= 11 is 0. The molecule has 0 aliphatic rings. The Labute approximate surface area is 172 Å². The van der Waals surface area contributed by atoms with Gasteiger partial charge in [0, 0.05) is 35.1 Å². The SMILES string of the molecule is CCS(=O)(=O)n1ccc2ccc(-c3nc(Nc4cc(C)[nH]n4)c4cccn4n3)cc21. The predicted molar refractivity (Wildman–Crippen MR) is 115 cm³/mol. The minimum atomic E-state index is -3.41. The van der Waals surface area contributed by atoms with E-state index in [2.05, 4.69) is 20.6 Å². The molecule has 10 heteroatoms. The Balaban J connectivity index is 1.66. The van der Waals surface area contributed by atoms with Crippen molar-refractivity contribution >= 4 is 38.1 Å². The molecule has 0 saturated carbocycles. The van der Waals surface area contributed by atoms with Crippen LogP contribution in [0.4, 0.5) is 11.6 Å². The summed E-state index contributed by atoms with van der Waals surface area (Å²) in [6.45, 7) is 3.55. The second-order valence-electron chi connectivity index (χ2n) is 6.97. The van der Waals surface area contributed by atoms with E-state index in [0.29, 0.717) is 28.5 Å². The van der Waals surface area contributed by atoms with Crippen molar-refractivity contribution in [2.75, 3.05) is 11.1 Å². The van der Waals surface area contributed by atoms with Gasteiger partial charge in [0.05, 0.1) is 11.3 Å². The Morgan fingerprint density at radius 2 is 1.97 bits per heavy atom. The van der Waals surface area contributed by atoms with E-state index < -0.39 is 10.0 Å². The molecule has 1 aromatic carbocycles. The number of anilines is 2. The molecule has 0 saturated heterocycles. The fourth-order valence-corrected chi connectivity index (χ4v) is 4.36. The van der Waals surface area contributed by atoms with Gasteiger partial charge in [0.2, 0.25) is 10.0 Å². The van der Waals surface area contributed by atoms with Crippen molar-refractivity contribution in [3.05, 3.63) is 60.6 Å². The highest BCUT2D eigenvalue weighted by Gasteiger charge is 2.16. The smallest absolute Gasteiger partial charge is 0.238 e. The summed E-state index contributed by atoms with van der Waals surface area (Å²) in [7, 11) is -3.41. The molecule has 0 unspecified atom stereocenters. The Bertz CT molecular complexity index is 1490. The number of aryl methyl sites for hydroxylation is 1. The highest BCUT2D eigenvalue weighted by Crippen LogP contribution is 2.27. The van der Waals surface area contributed by atoms with Crippen LogP contribution in [0.5, 0.6) is 0 Å². The van der Waals surface area contributed by atoms with E-state index in [1.54, 1.807) is 29.8 Å². The quantitative estimate of drug-likeness (QED) is 0.450. The first-order chi connectivity index (χ1) is 14.4. The van der Waals surface area contributed by atoms with Gasteiger partial charge in [-0.2, -0.15) is 5.10 Å². The summed E-state index contributed by atoms with van der Waals surface area (Å²) in [6.07, 6.45) is 3.42. The lowest BCUT2D eigenvalue weighted by molar-refractivity contribution is 0.590. The molecule has 5 aromatic rings. The van der Waals surface area contributed by atoms with Crippen molar-refractivity contribution in [2.45, 2.75) is 13.8 Å². The van der Waals surface area contributed by atoms with Gasteiger partial charge in [-0.25, -0.2) is 21.9 Å². The molecule has 4 aromatic heterocycles. The number of nitrogens with one attached hydrogen (secondary N) is 2. The van der Waals surface area contributed by atoms with Crippen LogP contribution in [0.25, 0.3) is 27.8 Å². The largest absolute Gasteiger partial charge is 0.322 e. The normalized spacial score (nSPS) is 12.1. The van der Waals surface area contributed by atoms with Gasteiger partial charge in [-0.05, 0) is 38.1 Å². The zero-order valence-electron chi connectivity index (χ0n) is 16.4. The standard InChI is InChI=1S/C20H19N7O2S/c1-3-30(28,29)27-10-8-14-6-7-15(12-17(14)27)19-22-20(16-5-4-9-26(16)25-19)21-18-11-13(2)23-24-18/h4-12H,3H2,1-2H3,(H2,21,22,23,24,25). The van der Waals surface area contributed by atoms with Crippen molar-refractivity contribution in [1.82, 2.24) is 28.8 Å². The van der Waals surface area contributed by atoms with Crippen molar-refractivity contribution in [3.63, 3.8) is 0 Å². The van der Waals surface area contributed by atoms with Gasteiger partial charge in [-0.1, -0.05) is 12.1 Å². The lowest BCUT2D eigenvalue weighted by Gasteiger charge is -2.09. The number of fused-ring (bicyclic) bond motifs is 2. The van der Waals surface area contributed by atoms with E-state index in [9.17, 15) is 8.42 Å². The first-order valence-electron chi connectivity index (χ1n) is 9.44. The van der Waals surface area contributed by atoms with Crippen molar-refractivity contribution in [3.8, 4) is 11.4 Å². The first-order valence-corrected chi connectivity index (χ1v) is 11.0. The van der Waals surface area contributed by atoms with Crippen LogP contribution in [0, 0.1) is 6.92 Å². The number of H-pyrrole nitrogens is 1. The van der Waals surface area contributed by atoms with Gasteiger partial charge in [-0.3, -0.25) is 5.10 Å². The van der Waals surface area contributed by atoms with Crippen molar-refractivity contribution in [1.29, 1.82) is 0 Å². The molecule has 0 amide bonds. The second-order valence-corrected chi connectivity index (χ2v) is 9.10. The Morgan fingerprint density at radius 3 is 2.73 bits per heavy atom. The van der Waals surface area contributed by atoms with E-state index in [4.69, 9.17) is 4.98 Å². The number of aromatic nitrogens is 6. The van der Waals surface area contributed by atoms with Crippen molar-refractivity contribution < 1.29 is 8.42 Å². The van der Waals surface area contributed by atoms with E-state index >= 15 is 0 Å². The van der Waals surface area contributed by atoms with Gasteiger partial charge in [0.1, 0.15) is 5.52 Å². The topological polar surface area (TPSA) is 110 Å². The minimum Gasteiger partial charge on any atom is -0.322 e. The van der Waals surface area contributed by atoms with Crippen LogP contribution in [0.15, 0.2) is 54.9 Å². The number of benzene rings is 1. The van der Waals surface area contributed by atoms with Crippen LogP contribution >= 0.6 is 0 Å². The van der Waals surface area contributed by atoms with Crippen LogP contribution < -0.4 is 5.32 Å². The molecule has 5 rings (SSSR count).